The highest BCUT2D eigenvalue weighted by Gasteiger charge is 2.46. The summed E-state index contributed by atoms with van der Waals surface area (Å²) in [7, 11) is -2.37. The molecule has 0 unspecified atom stereocenters. The number of carbonyl (C=O) groups excluding carboxylic acids is 2. The molecule has 12 nitrogen and oxygen atoms in total. The maximum atomic E-state index is 14.1. The number of nitrogen functional groups attached to an aromatic ring is 1. The van der Waals surface area contributed by atoms with Crippen LogP contribution in [0, 0.1) is 17.0 Å². The standard InChI is InChI=1S/C32H34F5N7O5S/c1-42-6-8-43(9-7-42)23-2-3-25(27(15-23)44(31(46)32(35,36)37)22-4-10-49-11-5-22)30(45)41-29(39)26-16-24(17-40-28(26)38)50(47,48)18-19-12-20(33)14-21(34)13-19/h2-3,12-17,22H,4-11,18H2,1H3,(H2,38,40)(H2,39,41,45). The van der Waals surface area contributed by atoms with Crippen molar-refractivity contribution in [3.63, 3.8) is 0 Å². The topological polar surface area (TPSA) is 162 Å². The molecular weight excluding hydrogens is 689 g/mol. The summed E-state index contributed by atoms with van der Waals surface area (Å²) >= 11 is 0. The maximum Gasteiger partial charge on any atom is 0.471 e. The number of nitrogens with one attached hydrogen (secondary N) is 2. The zero-order chi connectivity index (χ0) is 36.4. The number of benzene rings is 2. The maximum absolute atomic E-state index is 14.1. The number of amidine groups is 1. The van der Waals surface area contributed by atoms with Gasteiger partial charge in [-0.3, -0.25) is 15.0 Å². The molecule has 4 N–H and O–H groups in total. The van der Waals surface area contributed by atoms with Crippen LogP contribution in [0.15, 0.2) is 53.6 Å². The third-order valence-corrected chi connectivity index (χ3v) is 10.1. The average Bonchev–Trinajstić information content (AvgIpc) is 3.04. The molecule has 50 heavy (non-hydrogen) atoms. The number of hydrogen-bond acceptors (Lipinski definition) is 10. The predicted octanol–water partition coefficient (Wildman–Crippen LogP) is 3.50. The summed E-state index contributed by atoms with van der Waals surface area (Å²) in [6, 6.07) is 6.39. The van der Waals surface area contributed by atoms with Gasteiger partial charge in [-0.05, 0) is 61.9 Å². The molecule has 268 valence electrons. The van der Waals surface area contributed by atoms with E-state index >= 15 is 0 Å². The first-order valence-corrected chi connectivity index (χ1v) is 17.1. The molecule has 0 bridgehead atoms. The molecule has 0 saturated carbocycles. The highest BCUT2D eigenvalue weighted by atomic mass is 32.2. The molecule has 2 amide bonds. The van der Waals surface area contributed by atoms with E-state index in [1.807, 2.05) is 11.9 Å². The highest BCUT2D eigenvalue weighted by Crippen LogP contribution is 2.35. The summed E-state index contributed by atoms with van der Waals surface area (Å²) in [5, 5.41) is 10.8. The van der Waals surface area contributed by atoms with Crippen molar-refractivity contribution in [2.75, 3.05) is 62.0 Å². The van der Waals surface area contributed by atoms with Gasteiger partial charge in [0, 0.05) is 63.4 Å². The van der Waals surface area contributed by atoms with E-state index in [2.05, 4.69) is 15.2 Å². The van der Waals surface area contributed by atoms with E-state index in [-0.39, 0.29) is 54.3 Å². The third-order valence-electron chi connectivity index (χ3n) is 8.41. The number of nitrogens with zero attached hydrogens (tertiary/aromatic N) is 4. The molecule has 0 atom stereocenters. The van der Waals surface area contributed by atoms with E-state index in [9.17, 15) is 40.0 Å². The van der Waals surface area contributed by atoms with Crippen LogP contribution in [-0.4, -0.2) is 94.6 Å². The summed E-state index contributed by atoms with van der Waals surface area (Å²) in [4.78, 5) is 34.7. The van der Waals surface area contributed by atoms with E-state index < -0.39 is 62.0 Å². The molecule has 0 spiro atoms. The fraction of sp³-hybridized carbons (Fsp3) is 0.375. The highest BCUT2D eigenvalue weighted by molar-refractivity contribution is 7.90. The van der Waals surface area contributed by atoms with Crippen LogP contribution in [0.4, 0.5) is 39.1 Å². The van der Waals surface area contributed by atoms with E-state index in [1.165, 1.54) is 18.2 Å². The second kappa shape index (κ2) is 14.7. The molecule has 1 aromatic heterocycles. The van der Waals surface area contributed by atoms with Gasteiger partial charge in [-0.15, -0.1) is 0 Å². The van der Waals surface area contributed by atoms with Gasteiger partial charge >= 0.3 is 12.1 Å². The SMILES string of the molecule is CN1CCN(c2ccc(C(=O)NC(=N)c3cc(S(=O)(=O)Cc4cc(F)cc(F)c4)cnc3N)c(N(C(=O)C(F)(F)F)C3CCOCC3)c2)CC1. The lowest BCUT2D eigenvalue weighted by molar-refractivity contribution is -0.171. The van der Waals surface area contributed by atoms with Gasteiger partial charge in [-0.2, -0.15) is 13.2 Å². The van der Waals surface area contributed by atoms with E-state index in [0.717, 1.165) is 24.4 Å². The van der Waals surface area contributed by atoms with Gasteiger partial charge in [-0.1, -0.05) is 0 Å². The van der Waals surface area contributed by atoms with E-state index in [0.29, 0.717) is 42.8 Å². The number of anilines is 3. The van der Waals surface area contributed by atoms with Gasteiger partial charge in [-0.25, -0.2) is 22.2 Å². The molecule has 0 aliphatic carbocycles. The number of carbonyl (C=O) groups is 2. The number of aromatic nitrogens is 1. The lowest BCUT2D eigenvalue weighted by Crippen LogP contribution is -2.50. The van der Waals surface area contributed by atoms with Gasteiger partial charge in [0.05, 0.1) is 27.5 Å². The van der Waals surface area contributed by atoms with Crippen molar-refractivity contribution in [2.45, 2.75) is 35.7 Å². The number of nitrogens with two attached hydrogens (primary N) is 1. The number of hydrogen-bond donors (Lipinski definition) is 3. The number of rotatable bonds is 8. The van der Waals surface area contributed by atoms with Crippen LogP contribution in [-0.2, 0) is 25.1 Å². The predicted molar refractivity (Wildman–Crippen MR) is 174 cm³/mol. The molecule has 2 saturated heterocycles. The number of halogens is 5. The molecular formula is C32H34F5N7O5S. The number of sulfone groups is 1. The lowest BCUT2D eigenvalue weighted by atomic mass is 10.0. The van der Waals surface area contributed by atoms with Crippen LogP contribution >= 0.6 is 0 Å². The molecule has 3 heterocycles. The van der Waals surface area contributed by atoms with Gasteiger partial charge in [0.15, 0.2) is 9.84 Å². The summed E-state index contributed by atoms with van der Waals surface area (Å²) in [5.41, 5.74) is 5.16. The number of likely N-dealkylation sites (N-methyl/N-ethyl adjacent to an activating group) is 1. The summed E-state index contributed by atoms with van der Waals surface area (Å²) < 4.78 is 101. The largest absolute Gasteiger partial charge is 0.471 e. The first-order chi connectivity index (χ1) is 23.5. The Morgan fingerprint density at radius 1 is 1.02 bits per heavy atom. The molecule has 0 radical (unpaired) electrons. The normalized spacial score (nSPS) is 16.2. The fourth-order valence-corrected chi connectivity index (χ4v) is 7.08. The minimum Gasteiger partial charge on any atom is -0.383 e. The quantitative estimate of drug-likeness (QED) is 0.180. The molecule has 3 aromatic rings. The first-order valence-electron chi connectivity index (χ1n) is 15.4. The molecule has 2 fully saturated rings. The van der Waals surface area contributed by atoms with Crippen molar-refractivity contribution in [1.82, 2.24) is 15.2 Å². The van der Waals surface area contributed by atoms with Gasteiger partial charge in [0.25, 0.3) is 5.91 Å². The number of pyridine rings is 1. The number of piperazine rings is 1. The minimum atomic E-state index is -5.29. The van der Waals surface area contributed by atoms with E-state index in [4.69, 9.17) is 15.9 Å². The molecule has 2 aliphatic rings. The van der Waals surface area contributed by atoms with Crippen molar-refractivity contribution in [3.8, 4) is 0 Å². The van der Waals surface area contributed by atoms with Crippen LogP contribution in [0.3, 0.4) is 0 Å². The summed E-state index contributed by atoms with van der Waals surface area (Å²) in [6.45, 7) is 2.60. The summed E-state index contributed by atoms with van der Waals surface area (Å²) in [6.07, 6.45) is -4.26. The number of amides is 2. The zero-order valence-corrected chi connectivity index (χ0v) is 27.6. The first kappa shape index (κ1) is 36.6. The Balaban J connectivity index is 1.49. The fourth-order valence-electron chi connectivity index (χ4n) is 5.80. The number of ether oxygens (including phenoxy) is 1. The van der Waals surface area contributed by atoms with Crippen molar-refractivity contribution >= 4 is 44.7 Å². The van der Waals surface area contributed by atoms with Crippen molar-refractivity contribution in [1.29, 1.82) is 5.41 Å². The second-order valence-corrected chi connectivity index (χ2v) is 14.0. The Labute approximate surface area is 284 Å². The van der Waals surface area contributed by atoms with Crippen LogP contribution in [0.25, 0.3) is 0 Å². The van der Waals surface area contributed by atoms with Gasteiger partial charge in [0.1, 0.15) is 23.3 Å². The van der Waals surface area contributed by atoms with Crippen LogP contribution in [0.5, 0.6) is 0 Å². The Kier molecular flexibility index (Phi) is 10.7. The Bertz CT molecular complexity index is 1880. The zero-order valence-electron chi connectivity index (χ0n) is 26.8. The van der Waals surface area contributed by atoms with Crippen molar-refractivity contribution < 1.29 is 44.7 Å². The lowest BCUT2D eigenvalue weighted by Gasteiger charge is -2.37. The van der Waals surface area contributed by atoms with Gasteiger partial charge < -0.3 is 30.5 Å². The Morgan fingerprint density at radius 2 is 1.66 bits per heavy atom. The molecule has 5 rings (SSSR count). The minimum absolute atomic E-state index is 0.0726. The third kappa shape index (κ3) is 8.36. The molecule has 18 heteroatoms. The van der Waals surface area contributed by atoms with Crippen molar-refractivity contribution in [2.24, 2.45) is 0 Å². The van der Waals surface area contributed by atoms with Crippen LogP contribution < -0.4 is 20.9 Å². The van der Waals surface area contributed by atoms with E-state index in [1.54, 1.807) is 0 Å². The smallest absolute Gasteiger partial charge is 0.383 e. The Hall–Kier alpha value is -4.68. The molecule has 2 aromatic carbocycles. The van der Waals surface area contributed by atoms with Crippen LogP contribution in [0.2, 0.25) is 0 Å². The second-order valence-electron chi connectivity index (χ2n) is 12.0. The van der Waals surface area contributed by atoms with Gasteiger partial charge in [0.2, 0.25) is 0 Å². The molecule has 2 aliphatic heterocycles. The average molecular weight is 724 g/mol. The Morgan fingerprint density at radius 3 is 2.28 bits per heavy atom. The van der Waals surface area contributed by atoms with Crippen molar-refractivity contribution in [3.05, 3.63) is 77.0 Å². The number of alkyl halides is 3. The summed E-state index contributed by atoms with van der Waals surface area (Å²) in [5.74, 6) is -7.17. The van der Waals surface area contributed by atoms with Crippen LogP contribution in [0.1, 0.15) is 34.3 Å². The monoisotopic (exact) mass is 723 g/mol.